The number of rotatable bonds is 5. The van der Waals surface area contributed by atoms with Crippen molar-refractivity contribution < 1.29 is 4.21 Å². The fraction of sp³-hybridized carbons (Fsp3) is 0.357. The summed E-state index contributed by atoms with van der Waals surface area (Å²) in [6.45, 7) is 2.76. The molecule has 2 unspecified atom stereocenters. The van der Waals surface area contributed by atoms with E-state index in [0.29, 0.717) is 0 Å². The summed E-state index contributed by atoms with van der Waals surface area (Å²) in [6.07, 6.45) is 6.14. The van der Waals surface area contributed by atoms with Crippen molar-refractivity contribution in [3.8, 4) is 0 Å². The van der Waals surface area contributed by atoms with Crippen molar-refractivity contribution in [3.05, 3.63) is 30.6 Å². The summed E-state index contributed by atoms with van der Waals surface area (Å²) in [5.74, 6) is 0. The molecule has 2 aromatic rings. The first-order chi connectivity index (χ1) is 9.09. The van der Waals surface area contributed by atoms with Crippen molar-refractivity contribution in [1.29, 1.82) is 0 Å². The normalized spacial score (nSPS) is 14.2. The zero-order valence-corrected chi connectivity index (χ0v) is 12.0. The van der Waals surface area contributed by atoms with E-state index in [4.69, 9.17) is 5.73 Å². The Morgan fingerprint density at radius 3 is 2.95 bits per heavy atom. The minimum atomic E-state index is -0.775. The average molecular weight is 277 g/mol. The summed E-state index contributed by atoms with van der Waals surface area (Å²) >= 11 is 0. The number of nitrogens with zero attached hydrogens (tertiary/aromatic N) is 1. The lowest BCUT2D eigenvalue weighted by molar-refractivity contribution is 0.672. The Labute approximate surface area is 115 Å². The lowest BCUT2D eigenvalue weighted by atomic mass is 10.1. The van der Waals surface area contributed by atoms with Gasteiger partial charge < -0.3 is 11.1 Å². The maximum Gasteiger partial charge on any atom is 0.0630 e. The van der Waals surface area contributed by atoms with Crippen LogP contribution in [0.1, 0.15) is 13.3 Å². The number of benzene rings is 1. The van der Waals surface area contributed by atoms with E-state index in [2.05, 4.69) is 10.3 Å². The molecule has 0 amide bonds. The van der Waals surface area contributed by atoms with E-state index in [1.54, 1.807) is 18.6 Å². The zero-order chi connectivity index (χ0) is 13.8. The maximum absolute atomic E-state index is 11.3. The molecule has 3 N–H and O–H groups in total. The molecular formula is C14H19N3OS. The van der Waals surface area contributed by atoms with Crippen molar-refractivity contribution in [2.75, 3.05) is 23.9 Å². The molecule has 0 saturated carbocycles. The molecule has 4 nitrogen and oxygen atoms in total. The third-order valence-corrected chi connectivity index (χ3v) is 4.66. The molecule has 19 heavy (non-hydrogen) atoms. The first-order valence-electron chi connectivity index (χ1n) is 6.28. The van der Waals surface area contributed by atoms with E-state index in [0.717, 1.165) is 35.1 Å². The van der Waals surface area contributed by atoms with Crippen LogP contribution in [0.2, 0.25) is 0 Å². The third kappa shape index (κ3) is 3.23. The highest BCUT2D eigenvalue weighted by atomic mass is 32.2. The van der Waals surface area contributed by atoms with Gasteiger partial charge in [-0.25, -0.2) is 0 Å². The average Bonchev–Trinajstić information content (AvgIpc) is 2.41. The number of nitrogens with two attached hydrogens (primary N) is 1. The summed E-state index contributed by atoms with van der Waals surface area (Å²) in [6, 6.07) is 5.88. The predicted molar refractivity (Wildman–Crippen MR) is 82.8 cm³/mol. The minimum absolute atomic E-state index is 0.193. The predicted octanol–water partition coefficient (Wildman–Crippen LogP) is 2.39. The molecule has 0 aliphatic carbocycles. The van der Waals surface area contributed by atoms with Gasteiger partial charge in [-0.1, -0.05) is 13.0 Å². The van der Waals surface area contributed by atoms with E-state index in [9.17, 15) is 4.21 Å². The fourth-order valence-electron chi connectivity index (χ4n) is 1.92. The Bertz CT molecular complexity index is 600. The van der Waals surface area contributed by atoms with Crippen LogP contribution in [-0.4, -0.2) is 27.2 Å². The van der Waals surface area contributed by atoms with Gasteiger partial charge in [-0.15, -0.1) is 0 Å². The molecule has 1 aromatic heterocycles. The Balaban J connectivity index is 2.09. The largest absolute Gasteiger partial charge is 0.397 e. The van der Waals surface area contributed by atoms with Crippen LogP contribution in [0.25, 0.3) is 10.8 Å². The molecule has 5 heteroatoms. The summed E-state index contributed by atoms with van der Waals surface area (Å²) < 4.78 is 11.3. The Morgan fingerprint density at radius 1 is 1.42 bits per heavy atom. The van der Waals surface area contributed by atoms with E-state index in [-0.39, 0.29) is 5.25 Å². The van der Waals surface area contributed by atoms with Crippen molar-refractivity contribution in [1.82, 2.24) is 4.98 Å². The standard InChI is InChI=1S/C14H19N3OS/c1-10(19(2)18)5-8-17-13-4-3-11-9-16-7-6-12(11)14(13)15/h3-4,6-7,9-10,17H,5,8,15H2,1-2H3. The molecule has 0 spiro atoms. The van der Waals surface area contributed by atoms with Gasteiger partial charge in [-0.05, 0) is 18.6 Å². The molecule has 2 rings (SSSR count). The van der Waals surface area contributed by atoms with Gasteiger partial charge in [-0.3, -0.25) is 9.19 Å². The number of hydrogen-bond donors (Lipinski definition) is 2. The number of fused-ring (bicyclic) bond motifs is 1. The third-order valence-electron chi connectivity index (χ3n) is 3.29. The second-order valence-electron chi connectivity index (χ2n) is 4.65. The molecule has 2 atom stereocenters. The van der Waals surface area contributed by atoms with Crippen molar-refractivity contribution >= 4 is 32.9 Å². The molecule has 0 bridgehead atoms. The monoisotopic (exact) mass is 277 g/mol. The van der Waals surface area contributed by atoms with Crippen LogP contribution < -0.4 is 11.1 Å². The molecule has 1 aromatic carbocycles. The number of nitrogen functional groups attached to an aromatic ring is 1. The highest BCUT2D eigenvalue weighted by Gasteiger charge is 2.07. The first kappa shape index (κ1) is 13.8. The van der Waals surface area contributed by atoms with Crippen molar-refractivity contribution in [3.63, 3.8) is 0 Å². The summed E-state index contributed by atoms with van der Waals surface area (Å²) in [5.41, 5.74) is 7.81. The number of anilines is 2. The van der Waals surface area contributed by atoms with Gasteiger partial charge in [0.15, 0.2) is 0 Å². The topological polar surface area (TPSA) is 68.0 Å². The van der Waals surface area contributed by atoms with Crippen LogP contribution in [0, 0.1) is 0 Å². The fourth-order valence-corrected chi connectivity index (χ4v) is 2.37. The summed E-state index contributed by atoms with van der Waals surface area (Å²) in [4.78, 5) is 4.08. The SMILES string of the molecule is CC(CCNc1ccc2cnccc2c1N)S(C)=O. The van der Waals surface area contributed by atoms with Gasteiger partial charge in [0.1, 0.15) is 0 Å². The molecule has 0 aliphatic heterocycles. The van der Waals surface area contributed by atoms with Gasteiger partial charge in [-0.2, -0.15) is 0 Å². The highest BCUT2D eigenvalue weighted by molar-refractivity contribution is 7.84. The van der Waals surface area contributed by atoms with Crippen molar-refractivity contribution in [2.24, 2.45) is 0 Å². The number of hydrogen-bond acceptors (Lipinski definition) is 4. The Morgan fingerprint density at radius 2 is 2.21 bits per heavy atom. The van der Waals surface area contributed by atoms with E-state index < -0.39 is 10.8 Å². The molecule has 0 fully saturated rings. The molecule has 0 aliphatic rings. The number of aromatic nitrogens is 1. The highest BCUT2D eigenvalue weighted by Crippen LogP contribution is 2.27. The molecular weight excluding hydrogens is 258 g/mol. The first-order valence-corrected chi connectivity index (χ1v) is 7.90. The summed E-state index contributed by atoms with van der Waals surface area (Å²) in [5, 5.41) is 5.55. The van der Waals surface area contributed by atoms with Gasteiger partial charge in [0.05, 0.1) is 11.4 Å². The smallest absolute Gasteiger partial charge is 0.0630 e. The van der Waals surface area contributed by atoms with E-state index >= 15 is 0 Å². The van der Waals surface area contributed by atoms with Gasteiger partial charge >= 0.3 is 0 Å². The molecule has 1 heterocycles. The molecule has 102 valence electrons. The maximum atomic E-state index is 11.3. The Hall–Kier alpha value is -1.62. The van der Waals surface area contributed by atoms with Crippen LogP contribution >= 0.6 is 0 Å². The van der Waals surface area contributed by atoms with Crippen LogP contribution in [0.15, 0.2) is 30.6 Å². The van der Waals surface area contributed by atoms with Gasteiger partial charge in [0.25, 0.3) is 0 Å². The second-order valence-corrected chi connectivity index (χ2v) is 6.45. The Kier molecular flexibility index (Phi) is 4.37. The van der Waals surface area contributed by atoms with Crippen molar-refractivity contribution in [2.45, 2.75) is 18.6 Å². The number of nitrogens with one attached hydrogen (secondary N) is 1. The van der Waals surface area contributed by atoms with Crippen LogP contribution in [0.4, 0.5) is 11.4 Å². The molecule has 0 saturated heterocycles. The lowest BCUT2D eigenvalue weighted by Gasteiger charge is -2.13. The van der Waals surface area contributed by atoms with Crippen LogP contribution in [-0.2, 0) is 10.8 Å². The van der Waals surface area contributed by atoms with Crippen LogP contribution in [0.3, 0.4) is 0 Å². The quantitative estimate of drug-likeness (QED) is 0.823. The van der Waals surface area contributed by atoms with Gasteiger partial charge in [0, 0.05) is 52.0 Å². The second kappa shape index (κ2) is 6.02. The van der Waals surface area contributed by atoms with E-state index in [1.807, 2.05) is 25.1 Å². The lowest BCUT2D eigenvalue weighted by Crippen LogP contribution is -2.15. The zero-order valence-electron chi connectivity index (χ0n) is 11.2. The minimum Gasteiger partial charge on any atom is -0.397 e. The van der Waals surface area contributed by atoms with E-state index in [1.165, 1.54) is 0 Å². The summed E-state index contributed by atoms with van der Waals surface area (Å²) in [7, 11) is -0.775. The molecule has 0 radical (unpaired) electrons. The van der Waals surface area contributed by atoms with Crippen LogP contribution in [0.5, 0.6) is 0 Å². The van der Waals surface area contributed by atoms with Gasteiger partial charge in [0.2, 0.25) is 0 Å². The number of pyridine rings is 1.